The standard InChI is InChI=1S/C9H11N3O3/c10-6(13)5-2-1-3-9(4-5,7(11)14)8(12)15/h1,3-4H,2H2,(H2,10,13)(H2,11,14)(H2,12,15). The second-order valence-electron chi connectivity index (χ2n) is 3.24. The van der Waals surface area contributed by atoms with E-state index in [1.165, 1.54) is 12.2 Å². The fraction of sp³-hybridized carbons (Fsp3) is 0.222. The summed E-state index contributed by atoms with van der Waals surface area (Å²) in [4.78, 5) is 33.2. The molecule has 0 saturated carbocycles. The van der Waals surface area contributed by atoms with E-state index >= 15 is 0 Å². The van der Waals surface area contributed by atoms with Gasteiger partial charge in [0.05, 0.1) is 0 Å². The number of hydrogen-bond acceptors (Lipinski definition) is 3. The van der Waals surface area contributed by atoms with Crippen LogP contribution in [0.2, 0.25) is 0 Å². The van der Waals surface area contributed by atoms with E-state index in [2.05, 4.69) is 0 Å². The SMILES string of the molecule is NC(=O)C1=CC(C(N)=O)(C(N)=O)C=CC1. The van der Waals surface area contributed by atoms with E-state index < -0.39 is 23.1 Å². The van der Waals surface area contributed by atoms with E-state index in [0.717, 1.165) is 6.08 Å². The summed E-state index contributed by atoms with van der Waals surface area (Å²) in [6, 6.07) is 0. The first-order valence-corrected chi connectivity index (χ1v) is 4.19. The van der Waals surface area contributed by atoms with Crippen molar-refractivity contribution in [2.75, 3.05) is 0 Å². The fourth-order valence-corrected chi connectivity index (χ4v) is 1.35. The van der Waals surface area contributed by atoms with Crippen LogP contribution in [0.5, 0.6) is 0 Å². The Morgan fingerprint density at radius 2 is 1.67 bits per heavy atom. The fourth-order valence-electron chi connectivity index (χ4n) is 1.35. The summed E-state index contributed by atoms with van der Waals surface area (Å²) in [6.45, 7) is 0. The summed E-state index contributed by atoms with van der Waals surface area (Å²) in [5, 5.41) is 0. The smallest absolute Gasteiger partial charge is 0.244 e. The summed E-state index contributed by atoms with van der Waals surface area (Å²) >= 11 is 0. The highest BCUT2D eigenvalue weighted by Crippen LogP contribution is 2.28. The van der Waals surface area contributed by atoms with Crippen LogP contribution < -0.4 is 17.2 Å². The maximum absolute atomic E-state index is 11.2. The lowest BCUT2D eigenvalue weighted by atomic mass is 9.80. The quantitative estimate of drug-likeness (QED) is 0.379. The van der Waals surface area contributed by atoms with Gasteiger partial charge in [0.2, 0.25) is 17.7 Å². The molecule has 0 bridgehead atoms. The van der Waals surface area contributed by atoms with Gasteiger partial charge in [-0.25, -0.2) is 0 Å². The number of rotatable bonds is 3. The van der Waals surface area contributed by atoms with Gasteiger partial charge in [-0.05, 0) is 12.5 Å². The first kappa shape index (κ1) is 11.0. The van der Waals surface area contributed by atoms with Crippen LogP contribution in [0.3, 0.4) is 0 Å². The molecule has 3 amide bonds. The van der Waals surface area contributed by atoms with Crippen molar-refractivity contribution in [1.29, 1.82) is 0 Å². The zero-order chi connectivity index (χ0) is 11.6. The van der Waals surface area contributed by atoms with E-state index in [1.54, 1.807) is 0 Å². The topological polar surface area (TPSA) is 129 Å². The summed E-state index contributed by atoms with van der Waals surface area (Å²) in [7, 11) is 0. The van der Waals surface area contributed by atoms with Crippen molar-refractivity contribution in [3.8, 4) is 0 Å². The average molecular weight is 209 g/mol. The first-order chi connectivity index (χ1) is 6.90. The van der Waals surface area contributed by atoms with Gasteiger partial charge in [0.1, 0.15) is 0 Å². The zero-order valence-electron chi connectivity index (χ0n) is 7.90. The minimum absolute atomic E-state index is 0.148. The van der Waals surface area contributed by atoms with Gasteiger partial charge in [-0.2, -0.15) is 0 Å². The van der Waals surface area contributed by atoms with Gasteiger partial charge < -0.3 is 17.2 Å². The van der Waals surface area contributed by atoms with Gasteiger partial charge >= 0.3 is 0 Å². The van der Waals surface area contributed by atoms with Gasteiger partial charge in [-0.3, -0.25) is 14.4 Å². The van der Waals surface area contributed by atoms with Crippen LogP contribution >= 0.6 is 0 Å². The maximum Gasteiger partial charge on any atom is 0.244 e. The molecule has 0 unspecified atom stereocenters. The molecule has 0 aromatic rings. The van der Waals surface area contributed by atoms with E-state index in [4.69, 9.17) is 17.2 Å². The number of nitrogens with two attached hydrogens (primary N) is 3. The van der Waals surface area contributed by atoms with Gasteiger partial charge in [0.25, 0.3) is 0 Å². The highest BCUT2D eigenvalue weighted by molar-refractivity contribution is 6.09. The van der Waals surface area contributed by atoms with Crippen molar-refractivity contribution >= 4 is 17.7 Å². The predicted molar refractivity (Wildman–Crippen MR) is 51.9 cm³/mol. The van der Waals surface area contributed by atoms with Crippen LogP contribution in [0.4, 0.5) is 0 Å². The van der Waals surface area contributed by atoms with Crippen LogP contribution in [0.25, 0.3) is 0 Å². The number of hydrogen-bond donors (Lipinski definition) is 3. The summed E-state index contributed by atoms with van der Waals surface area (Å²) in [5.74, 6) is -2.55. The van der Waals surface area contributed by atoms with E-state index in [-0.39, 0.29) is 12.0 Å². The number of carbonyl (C=O) groups is 3. The molecule has 0 spiro atoms. The molecule has 0 aliphatic heterocycles. The van der Waals surface area contributed by atoms with Gasteiger partial charge in [-0.15, -0.1) is 0 Å². The van der Waals surface area contributed by atoms with Crippen LogP contribution in [-0.2, 0) is 14.4 Å². The lowest BCUT2D eigenvalue weighted by molar-refractivity contribution is -0.133. The number of allylic oxidation sites excluding steroid dienone is 1. The molecular weight excluding hydrogens is 198 g/mol. The second kappa shape index (κ2) is 3.56. The molecule has 0 aromatic carbocycles. The zero-order valence-corrected chi connectivity index (χ0v) is 7.90. The number of primary amides is 3. The molecule has 0 aromatic heterocycles. The Bertz CT molecular complexity index is 381. The van der Waals surface area contributed by atoms with Crippen molar-refractivity contribution in [2.45, 2.75) is 6.42 Å². The predicted octanol–water partition coefficient (Wildman–Crippen LogP) is -1.68. The minimum Gasteiger partial charge on any atom is -0.368 e. The van der Waals surface area contributed by atoms with Crippen LogP contribution in [-0.4, -0.2) is 17.7 Å². The molecule has 6 heteroatoms. The molecule has 0 fully saturated rings. The van der Waals surface area contributed by atoms with E-state index in [0.29, 0.717) is 0 Å². The Balaban J connectivity index is 3.26. The third-order valence-corrected chi connectivity index (χ3v) is 2.25. The minimum atomic E-state index is -1.73. The normalized spacial score (nSPS) is 18.0. The highest BCUT2D eigenvalue weighted by atomic mass is 16.2. The Labute approximate surface area is 85.8 Å². The highest BCUT2D eigenvalue weighted by Gasteiger charge is 2.40. The molecule has 0 atom stereocenters. The second-order valence-corrected chi connectivity index (χ2v) is 3.24. The van der Waals surface area contributed by atoms with E-state index in [1.807, 2.05) is 0 Å². The molecule has 1 rings (SSSR count). The van der Waals surface area contributed by atoms with Gasteiger partial charge in [0.15, 0.2) is 5.41 Å². The molecular formula is C9H11N3O3. The number of carbonyl (C=O) groups excluding carboxylic acids is 3. The molecule has 6 N–H and O–H groups in total. The molecule has 0 saturated heterocycles. The Morgan fingerprint density at radius 1 is 1.13 bits per heavy atom. The number of amides is 3. The molecule has 6 nitrogen and oxygen atoms in total. The van der Waals surface area contributed by atoms with Crippen molar-refractivity contribution in [3.63, 3.8) is 0 Å². The summed E-state index contributed by atoms with van der Waals surface area (Å²) < 4.78 is 0. The molecule has 1 aliphatic carbocycles. The van der Waals surface area contributed by atoms with Crippen molar-refractivity contribution in [2.24, 2.45) is 22.6 Å². The van der Waals surface area contributed by atoms with Crippen molar-refractivity contribution in [3.05, 3.63) is 23.8 Å². The molecule has 0 heterocycles. The lowest BCUT2D eigenvalue weighted by Gasteiger charge is -2.23. The third-order valence-electron chi connectivity index (χ3n) is 2.25. The molecule has 80 valence electrons. The van der Waals surface area contributed by atoms with Gasteiger partial charge in [-0.1, -0.05) is 12.2 Å². The summed E-state index contributed by atoms with van der Waals surface area (Å²) in [5.41, 5.74) is 13.6. The Morgan fingerprint density at radius 3 is 2.07 bits per heavy atom. The van der Waals surface area contributed by atoms with E-state index in [9.17, 15) is 14.4 Å². The first-order valence-electron chi connectivity index (χ1n) is 4.19. The molecule has 1 aliphatic rings. The monoisotopic (exact) mass is 209 g/mol. The summed E-state index contributed by atoms with van der Waals surface area (Å²) in [6.07, 6.45) is 4.14. The Hall–Kier alpha value is -2.11. The molecule has 0 radical (unpaired) electrons. The van der Waals surface area contributed by atoms with Crippen LogP contribution in [0, 0.1) is 5.41 Å². The third kappa shape index (κ3) is 1.74. The maximum atomic E-state index is 11.2. The van der Waals surface area contributed by atoms with Crippen molar-refractivity contribution in [1.82, 2.24) is 0 Å². The van der Waals surface area contributed by atoms with Crippen LogP contribution in [0.1, 0.15) is 6.42 Å². The van der Waals surface area contributed by atoms with Crippen LogP contribution in [0.15, 0.2) is 23.8 Å². The Kier molecular flexibility index (Phi) is 2.61. The largest absolute Gasteiger partial charge is 0.368 e. The lowest BCUT2D eigenvalue weighted by Crippen LogP contribution is -2.46. The van der Waals surface area contributed by atoms with Crippen molar-refractivity contribution < 1.29 is 14.4 Å². The van der Waals surface area contributed by atoms with Gasteiger partial charge in [0, 0.05) is 5.57 Å². The average Bonchev–Trinajstić information content (AvgIpc) is 2.17. The molecule has 15 heavy (non-hydrogen) atoms.